The highest BCUT2D eigenvalue weighted by molar-refractivity contribution is 5.89. The maximum Gasteiger partial charge on any atom is 0.229 e. The summed E-state index contributed by atoms with van der Waals surface area (Å²) in [5.74, 6) is 0.949. The van der Waals surface area contributed by atoms with E-state index in [9.17, 15) is 4.79 Å². The van der Waals surface area contributed by atoms with Gasteiger partial charge in [0.1, 0.15) is 5.82 Å². The van der Waals surface area contributed by atoms with Crippen molar-refractivity contribution in [3.63, 3.8) is 0 Å². The normalized spacial score (nSPS) is 16.7. The van der Waals surface area contributed by atoms with Gasteiger partial charge in [0, 0.05) is 7.14 Å². The predicted octanol–water partition coefficient (Wildman–Crippen LogP) is 4.69. The van der Waals surface area contributed by atoms with Crippen LogP contribution in [0.5, 0.6) is 0 Å². The molecule has 1 N–H and O–H groups in total. The van der Waals surface area contributed by atoms with E-state index in [2.05, 4.69) is 17.2 Å². The predicted molar refractivity (Wildman–Crippen MR) is 82.9 cm³/mol. The smallest absolute Gasteiger partial charge is 0.229 e. The Bertz CT molecular complexity index is 309. The van der Waals surface area contributed by atoms with Gasteiger partial charge in [-0.25, -0.2) is 4.99 Å². The van der Waals surface area contributed by atoms with E-state index in [0.717, 1.165) is 31.5 Å². The summed E-state index contributed by atoms with van der Waals surface area (Å²) in [5.41, 5.74) is 2.42. The van der Waals surface area contributed by atoms with Gasteiger partial charge in [0.05, 0.1) is 6.42 Å². The highest BCUT2D eigenvalue weighted by atomic mass is 16.1. The molecule has 2 heterocycles. The van der Waals surface area contributed by atoms with Crippen molar-refractivity contribution in [2.24, 2.45) is 4.99 Å². The molecule has 0 aliphatic carbocycles. The van der Waals surface area contributed by atoms with Crippen LogP contribution in [0.3, 0.4) is 0 Å². The lowest BCUT2D eigenvalue weighted by molar-refractivity contribution is -0.118. The SMILES string of the molecule is C.CC.CC.CCC1=NC2=C(CCC1)CC(=O)N2.[HH]. The average molecular weight is 256 g/mol. The molecule has 3 heteroatoms. The fourth-order valence-corrected chi connectivity index (χ4v) is 1.83. The van der Waals surface area contributed by atoms with Crippen LogP contribution in [0, 0.1) is 0 Å². The number of aliphatic imine (C=N–C) groups is 1. The summed E-state index contributed by atoms with van der Waals surface area (Å²) in [5, 5.41) is 2.81. The van der Waals surface area contributed by atoms with Crippen molar-refractivity contribution in [3.8, 4) is 0 Å². The molecule has 0 aromatic rings. The Morgan fingerprint density at radius 1 is 1.22 bits per heavy atom. The molecule has 0 aromatic heterocycles. The van der Waals surface area contributed by atoms with Gasteiger partial charge >= 0.3 is 0 Å². The van der Waals surface area contributed by atoms with Crippen molar-refractivity contribution in [2.45, 2.75) is 74.1 Å². The lowest BCUT2D eigenvalue weighted by Crippen LogP contribution is -2.14. The first kappa shape index (κ1) is 19.2. The number of nitrogens with zero attached hydrogens (tertiary/aromatic N) is 1. The molecule has 0 radical (unpaired) electrons. The van der Waals surface area contributed by atoms with E-state index in [0.29, 0.717) is 6.42 Å². The number of carbonyl (C=O) groups is 1. The third-order valence-electron chi connectivity index (χ3n) is 2.59. The summed E-state index contributed by atoms with van der Waals surface area (Å²) in [6.07, 6.45) is 4.81. The molecule has 0 bridgehead atoms. The van der Waals surface area contributed by atoms with Gasteiger partial charge in [0.25, 0.3) is 0 Å². The van der Waals surface area contributed by atoms with E-state index in [4.69, 9.17) is 0 Å². The van der Waals surface area contributed by atoms with Gasteiger partial charge in [-0.3, -0.25) is 4.79 Å². The monoisotopic (exact) mass is 256 g/mol. The average Bonchev–Trinajstić information content (AvgIpc) is 2.62. The highest BCUT2D eigenvalue weighted by Crippen LogP contribution is 2.25. The van der Waals surface area contributed by atoms with Crippen LogP contribution in [0.25, 0.3) is 0 Å². The Hall–Kier alpha value is -1.12. The molecule has 0 saturated carbocycles. The third kappa shape index (κ3) is 5.48. The minimum atomic E-state index is 0. The summed E-state index contributed by atoms with van der Waals surface area (Å²) >= 11 is 0. The zero-order valence-electron chi connectivity index (χ0n) is 11.9. The molecule has 1 amide bonds. The van der Waals surface area contributed by atoms with E-state index in [-0.39, 0.29) is 14.8 Å². The summed E-state index contributed by atoms with van der Waals surface area (Å²) in [6, 6.07) is 0. The van der Waals surface area contributed by atoms with Crippen molar-refractivity contribution in [3.05, 3.63) is 11.4 Å². The largest absolute Gasteiger partial charge is 0.310 e. The minimum absolute atomic E-state index is 0. The van der Waals surface area contributed by atoms with Gasteiger partial charge in [-0.05, 0) is 31.3 Å². The Kier molecular flexibility index (Phi) is 11.7. The number of rotatable bonds is 1. The van der Waals surface area contributed by atoms with E-state index in [1.807, 2.05) is 27.7 Å². The van der Waals surface area contributed by atoms with Gasteiger partial charge in [-0.2, -0.15) is 0 Å². The van der Waals surface area contributed by atoms with Crippen molar-refractivity contribution < 1.29 is 6.22 Å². The first-order chi connectivity index (χ1) is 8.29. The molecular formula is C15H32N2O. The first-order valence-electron chi connectivity index (χ1n) is 6.88. The number of carbonyl (C=O) groups excluding carboxylic acids is 1. The van der Waals surface area contributed by atoms with Gasteiger partial charge in [0.15, 0.2) is 0 Å². The Balaban J connectivity index is -0.000000392. The number of amides is 1. The molecule has 0 fully saturated rings. The molecule has 3 nitrogen and oxygen atoms in total. The second-order valence-electron chi connectivity index (χ2n) is 3.56. The van der Waals surface area contributed by atoms with E-state index >= 15 is 0 Å². The highest BCUT2D eigenvalue weighted by Gasteiger charge is 2.22. The minimum Gasteiger partial charge on any atom is -0.310 e. The fourth-order valence-electron chi connectivity index (χ4n) is 1.83. The van der Waals surface area contributed by atoms with Gasteiger partial charge < -0.3 is 5.32 Å². The summed E-state index contributed by atoms with van der Waals surface area (Å²) in [7, 11) is 0. The Labute approximate surface area is 114 Å². The van der Waals surface area contributed by atoms with Crippen LogP contribution in [-0.2, 0) is 4.79 Å². The molecule has 0 spiro atoms. The topological polar surface area (TPSA) is 41.5 Å². The summed E-state index contributed by atoms with van der Waals surface area (Å²) in [4.78, 5) is 15.6. The third-order valence-corrected chi connectivity index (χ3v) is 2.59. The molecule has 2 aliphatic heterocycles. The second-order valence-corrected chi connectivity index (χ2v) is 3.56. The molecule has 18 heavy (non-hydrogen) atoms. The van der Waals surface area contributed by atoms with Crippen LogP contribution in [-0.4, -0.2) is 11.6 Å². The molecule has 0 saturated heterocycles. The number of hydrogen-bond donors (Lipinski definition) is 1. The van der Waals surface area contributed by atoms with Crippen LogP contribution in [0.2, 0.25) is 0 Å². The summed E-state index contributed by atoms with van der Waals surface area (Å²) < 4.78 is 0. The van der Waals surface area contributed by atoms with Crippen LogP contribution >= 0.6 is 0 Å². The van der Waals surface area contributed by atoms with Crippen LogP contribution in [0.15, 0.2) is 16.4 Å². The molecule has 2 rings (SSSR count). The molecule has 0 aromatic carbocycles. The zero-order valence-corrected chi connectivity index (χ0v) is 11.9. The molecular weight excluding hydrogens is 224 g/mol. The van der Waals surface area contributed by atoms with Crippen molar-refractivity contribution in [1.82, 2.24) is 5.32 Å². The summed E-state index contributed by atoms with van der Waals surface area (Å²) in [6.45, 7) is 10.1. The Morgan fingerprint density at radius 3 is 2.39 bits per heavy atom. The van der Waals surface area contributed by atoms with Gasteiger partial charge in [-0.1, -0.05) is 42.0 Å². The Morgan fingerprint density at radius 2 is 1.83 bits per heavy atom. The van der Waals surface area contributed by atoms with Crippen LogP contribution in [0.1, 0.15) is 75.6 Å². The lowest BCUT2D eigenvalue weighted by atomic mass is 10.1. The van der Waals surface area contributed by atoms with Crippen molar-refractivity contribution >= 4 is 11.6 Å². The van der Waals surface area contributed by atoms with Gasteiger partial charge in [-0.15, -0.1) is 0 Å². The zero-order chi connectivity index (χ0) is 13.3. The maximum atomic E-state index is 11.1. The molecule has 2 aliphatic rings. The molecule has 108 valence electrons. The van der Waals surface area contributed by atoms with E-state index in [1.165, 1.54) is 11.3 Å². The van der Waals surface area contributed by atoms with E-state index in [1.54, 1.807) is 0 Å². The maximum absolute atomic E-state index is 11.1. The molecule has 0 atom stereocenters. The standard InChI is InChI=1S/C10H14N2O.2C2H6.CH4.H2/c1-2-8-5-3-4-7-6-9(13)12-10(7)11-8;2*1-2;;/h2-6H2,1H3,(H,12,13);2*1-2H3;1H4;1H. The number of hydrogen-bond acceptors (Lipinski definition) is 2. The lowest BCUT2D eigenvalue weighted by Gasteiger charge is -2.00. The molecule has 0 unspecified atom stereocenters. The fraction of sp³-hybridized carbons (Fsp3) is 0.733. The number of nitrogens with one attached hydrogen (secondary N) is 1. The van der Waals surface area contributed by atoms with Crippen LogP contribution in [0.4, 0.5) is 0 Å². The first-order valence-corrected chi connectivity index (χ1v) is 6.88. The quantitative estimate of drug-likeness (QED) is 0.726. The van der Waals surface area contributed by atoms with Crippen LogP contribution < -0.4 is 5.32 Å². The van der Waals surface area contributed by atoms with Crippen molar-refractivity contribution in [2.75, 3.05) is 0 Å². The van der Waals surface area contributed by atoms with Gasteiger partial charge in [0.2, 0.25) is 5.91 Å². The second kappa shape index (κ2) is 11.0. The van der Waals surface area contributed by atoms with E-state index < -0.39 is 0 Å². The van der Waals surface area contributed by atoms with Crippen molar-refractivity contribution in [1.29, 1.82) is 0 Å².